The molecule has 0 aliphatic carbocycles. The average Bonchev–Trinajstić information content (AvgIpc) is 3.25. The van der Waals surface area contributed by atoms with Gasteiger partial charge in [0.2, 0.25) is 0 Å². The number of piperazine rings is 1. The summed E-state index contributed by atoms with van der Waals surface area (Å²) in [4.78, 5) is 28.2. The second-order valence-electron chi connectivity index (χ2n) is 15.7. The van der Waals surface area contributed by atoms with E-state index in [0.717, 1.165) is 81.7 Å². The van der Waals surface area contributed by atoms with Crippen molar-refractivity contribution in [2.24, 2.45) is 23.3 Å². The van der Waals surface area contributed by atoms with Crippen molar-refractivity contribution in [1.82, 2.24) is 31.1 Å². The number of carbonyl (C=O) groups is 2. The average molecular weight is 805 g/mol. The fourth-order valence-corrected chi connectivity index (χ4v) is 7.62. The molecule has 10 N–H and O–H groups in total. The number of nitrogens with one attached hydrogen (secondary N) is 6. The predicted octanol–water partition coefficient (Wildman–Crippen LogP) is 3.67. The first-order valence-corrected chi connectivity index (χ1v) is 21.9. The molecule has 2 amide bonds. The molecule has 0 unspecified atom stereocenters. The molecular weight excluding hydrogens is 733 g/mol. The lowest BCUT2D eigenvalue weighted by Crippen LogP contribution is -2.54. The van der Waals surface area contributed by atoms with E-state index in [1.807, 2.05) is 24.3 Å². The smallest absolute Gasteiger partial charge is 0.312 e. The van der Waals surface area contributed by atoms with Gasteiger partial charge < -0.3 is 52.0 Å². The molecule has 0 aromatic heterocycles. The monoisotopic (exact) mass is 805 g/mol. The van der Waals surface area contributed by atoms with Crippen molar-refractivity contribution in [1.29, 1.82) is 10.8 Å². The summed E-state index contributed by atoms with van der Waals surface area (Å²) in [5.41, 5.74) is 12.3. The quantitative estimate of drug-likeness (QED) is 0.0316. The third kappa shape index (κ3) is 18.1. The van der Waals surface area contributed by atoms with Crippen LogP contribution < -0.4 is 42.2 Å². The van der Waals surface area contributed by atoms with Crippen LogP contribution in [0, 0.1) is 22.7 Å². The molecule has 0 spiro atoms. The van der Waals surface area contributed by atoms with Crippen LogP contribution in [0.4, 0.5) is 0 Å². The highest BCUT2D eigenvalue weighted by Gasteiger charge is 2.31. The minimum Gasteiger partial charge on any atom is -0.494 e. The molecule has 3 heterocycles. The van der Waals surface area contributed by atoms with Crippen molar-refractivity contribution in [3.8, 4) is 11.5 Å². The van der Waals surface area contributed by atoms with Gasteiger partial charge in [0.05, 0.1) is 13.2 Å². The number of amides is 2. The highest BCUT2D eigenvalue weighted by Crippen LogP contribution is 2.20. The van der Waals surface area contributed by atoms with Crippen LogP contribution >= 0.6 is 0 Å². The summed E-state index contributed by atoms with van der Waals surface area (Å²) in [5.74, 6) is 2.64. The lowest BCUT2D eigenvalue weighted by Gasteiger charge is -2.34. The van der Waals surface area contributed by atoms with Crippen LogP contribution in [0.25, 0.3) is 0 Å². The summed E-state index contributed by atoms with van der Waals surface area (Å²) in [6, 6.07) is 14.4. The van der Waals surface area contributed by atoms with Crippen molar-refractivity contribution in [3.63, 3.8) is 0 Å². The first-order chi connectivity index (χ1) is 28.3. The Morgan fingerprint density at radius 2 is 1.00 bits per heavy atom. The van der Waals surface area contributed by atoms with E-state index < -0.39 is 5.91 Å². The Morgan fingerprint density at radius 3 is 1.47 bits per heavy atom. The number of nitrogens with two attached hydrogens (primary N) is 2. The molecule has 2 aromatic rings. The van der Waals surface area contributed by atoms with E-state index in [0.29, 0.717) is 57.1 Å². The van der Waals surface area contributed by atoms with E-state index in [-0.39, 0.29) is 17.6 Å². The van der Waals surface area contributed by atoms with Crippen molar-refractivity contribution in [2.75, 3.05) is 91.8 Å². The van der Waals surface area contributed by atoms with Crippen molar-refractivity contribution >= 4 is 23.5 Å². The van der Waals surface area contributed by atoms with Crippen LogP contribution in [-0.4, -0.2) is 125 Å². The van der Waals surface area contributed by atoms with Crippen LogP contribution in [-0.2, 0) is 9.59 Å². The second kappa shape index (κ2) is 27.4. The van der Waals surface area contributed by atoms with Gasteiger partial charge >= 0.3 is 11.8 Å². The molecule has 0 saturated carbocycles. The summed E-state index contributed by atoms with van der Waals surface area (Å²) >= 11 is 0. The van der Waals surface area contributed by atoms with E-state index in [4.69, 9.17) is 31.8 Å². The normalized spacial score (nSPS) is 16.5. The van der Waals surface area contributed by atoms with Gasteiger partial charge in [0.15, 0.2) is 0 Å². The Kier molecular flexibility index (Phi) is 22.0. The van der Waals surface area contributed by atoms with E-state index >= 15 is 0 Å². The molecule has 5 rings (SSSR count). The number of piperidine rings is 2. The fraction of sp³-hybridized carbons (Fsp3) is 0.636. The molecule has 14 heteroatoms. The zero-order valence-electron chi connectivity index (χ0n) is 34.8. The van der Waals surface area contributed by atoms with E-state index in [1.54, 1.807) is 34.1 Å². The number of unbranched alkanes of at least 4 members (excludes halogenated alkanes) is 2. The van der Waals surface area contributed by atoms with Gasteiger partial charge in [0.1, 0.15) is 23.2 Å². The maximum atomic E-state index is 12.4. The molecule has 322 valence electrons. The Labute approximate surface area is 346 Å². The lowest BCUT2D eigenvalue weighted by atomic mass is 9.92. The number of hydrogen-bond acceptors (Lipinski definition) is 10. The summed E-state index contributed by atoms with van der Waals surface area (Å²) < 4.78 is 11.4. The summed E-state index contributed by atoms with van der Waals surface area (Å²) in [6.45, 7) is 12.3. The number of amidine groups is 2. The molecule has 0 bridgehead atoms. The van der Waals surface area contributed by atoms with Crippen molar-refractivity contribution < 1.29 is 19.1 Å². The predicted molar refractivity (Wildman–Crippen MR) is 233 cm³/mol. The largest absolute Gasteiger partial charge is 0.494 e. The van der Waals surface area contributed by atoms with Gasteiger partial charge in [-0.15, -0.1) is 0 Å². The number of nitrogens with zero attached hydrogens (tertiary/aromatic N) is 2. The van der Waals surface area contributed by atoms with E-state index in [1.165, 1.54) is 64.5 Å². The van der Waals surface area contributed by atoms with Crippen LogP contribution in [0.15, 0.2) is 48.5 Å². The first kappa shape index (κ1) is 46.4. The van der Waals surface area contributed by atoms with E-state index in [9.17, 15) is 9.59 Å². The Bertz CT molecular complexity index is 1480. The SMILES string of the molecule is N=C(N)c1ccc(OCCCN2CCN(CCCCC3CCNCC3)C(=O)C2=O)cc1.N=C(N)c1ccc(OCCCNCCNCCCCC2CCNCC2)cc1. The summed E-state index contributed by atoms with van der Waals surface area (Å²) in [6.07, 6.45) is 14.2. The van der Waals surface area contributed by atoms with Gasteiger partial charge in [-0.1, -0.05) is 25.7 Å². The molecule has 0 radical (unpaired) electrons. The standard InChI is InChI=1S/C23H35N5O3.C21H37N5O/c24-21(25)19-5-7-20(8-6-19)31-17-3-14-28-16-15-27(22(29)23(28)30)13-2-1-4-18-9-11-26-12-10-18;22-21(23)19-5-7-20(8-6-19)27-17-3-12-25-16-15-24-11-2-1-4-18-9-13-26-14-10-18/h5-8,18,26H,1-4,9-17H2,(H3,24,25);5-8,18,24-26H,1-4,9-17H2,(H3,22,23). The number of rotatable bonds is 25. The first-order valence-electron chi connectivity index (χ1n) is 21.9. The van der Waals surface area contributed by atoms with Gasteiger partial charge in [-0.05, 0) is 151 Å². The molecular formula is C44H72N10O4. The Hall–Kier alpha value is -4.24. The third-order valence-electron chi connectivity index (χ3n) is 11.2. The van der Waals surface area contributed by atoms with Gasteiger partial charge in [0, 0.05) is 50.4 Å². The van der Waals surface area contributed by atoms with Gasteiger partial charge in [-0.3, -0.25) is 20.4 Å². The van der Waals surface area contributed by atoms with Crippen LogP contribution in [0.1, 0.15) is 88.2 Å². The molecule has 0 atom stereocenters. The van der Waals surface area contributed by atoms with Crippen molar-refractivity contribution in [2.45, 2.75) is 77.0 Å². The maximum Gasteiger partial charge on any atom is 0.312 e. The zero-order valence-corrected chi connectivity index (χ0v) is 34.8. The number of ether oxygens (including phenoxy) is 2. The molecule has 14 nitrogen and oxygen atoms in total. The third-order valence-corrected chi connectivity index (χ3v) is 11.2. The fourth-order valence-electron chi connectivity index (χ4n) is 7.62. The minimum atomic E-state index is -0.393. The molecule has 2 aromatic carbocycles. The molecule has 58 heavy (non-hydrogen) atoms. The van der Waals surface area contributed by atoms with Crippen molar-refractivity contribution in [3.05, 3.63) is 59.7 Å². The molecule has 3 fully saturated rings. The number of carbonyl (C=O) groups excluding carboxylic acids is 2. The van der Waals surface area contributed by atoms with E-state index in [2.05, 4.69) is 21.3 Å². The highest BCUT2D eigenvalue weighted by atomic mass is 16.5. The highest BCUT2D eigenvalue weighted by molar-refractivity contribution is 6.35. The molecule has 3 saturated heterocycles. The number of nitrogen functional groups attached to an aromatic ring is 2. The number of benzene rings is 2. The zero-order chi connectivity index (χ0) is 41.2. The summed E-state index contributed by atoms with van der Waals surface area (Å²) in [7, 11) is 0. The Balaban J connectivity index is 0.000000259. The van der Waals surface area contributed by atoms with Crippen LogP contribution in [0.3, 0.4) is 0 Å². The topological polar surface area (TPSA) is 207 Å². The second-order valence-corrected chi connectivity index (χ2v) is 15.7. The van der Waals surface area contributed by atoms with Gasteiger partial charge in [-0.2, -0.15) is 0 Å². The minimum absolute atomic E-state index is 0.0237. The van der Waals surface area contributed by atoms with Gasteiger partial charge in [-0.25, -0.2) is 0 Å². The molecule has 3 aliphatic heterocycles. The lowest BCUT2D eigenvalue weighted by molar-refractivity contribution is -0.156. The van der Waals surface area contributed by atoms with Crippen LogP contribution in [0.5, 0.6) is 11.5 Å². The van der Waals surface area contributed by atoms with Crippen LogP contribution in [0.2, 0.25) is 0 Å². The maximum absolute atomic E-state index is 12.4. The Morgan fingerprint density at radius 1 is 0.586 bits per heavy atom. The number of hydrogen-bond donors (Lipinski definition) is 8. The molecule has 3 aliphatic rings. The van der Waals surface area contributed by atoms with Gasteiger partial charge in [0.25, 0.3) is 0 Å². The summed E-state index contributed by atoms with van der Waals surface area (Å²) in [5, 5.41) is 28.5.